The van der Waals surface area contributed by atoms with Crippen molar-refractivity contribution >= 4 is 17.7 Å². The Morgan fingerprint density at radius 1 is 1.04 bits per heavy atom. The highest BCUT2D eigenvalue weighted by molar-refractivity contribution is 6.09. The van der Waals surface area contributed by atoms with Crippen LogP contribution < -0.4 is 14.8 Å². The molecule has 0 radical (unpaired) electrons. The zero-order chi connectivity index (χ0) is 20.2. The van der Waals surface area contributed by atoms with Crippen LogP contribution in [0.2, 0.25) is 0 Å². The molecule has 28 heavy (non-hydrogen) atoms. The number of hydrogen-bond donors (Lipinski definition) is 1. The Balaban J connectivity index is 1.94. The van der Waals surface area contributed by atoms with Crippen LogP contribution in [0, 0.1) is 11.3 Å². The second-order valence-corrected chi connectivity index (χ2v) is 6.33. The van der Waals surface area contributed by atoms with E-state index in [0.29, 0.717) is 18.0 Å². The third-order valence-corrected chi connectivity index (χ3v) is 4.17. The first-order valence-electron chi connectivity index (χ1n) is 9.46. The Morgan fingerprint density at radius 3 is 2.32 bits per heavy atom. The molecule has 2 rings (SSSR count). The van der Waals surface area contributed by atoms with Crippen molar-refractivity contribution in [1.29, 1.82) is 5.26 Å². The van der Waals surface area contributed by atoms with Gasteiger partial charge in [-0.25, -0.2) is 0 Å². The topological polar surface area (TPSA) is 71.3 Å². The van der Waals surface area contributed by atoms with E-state index in [-0.39, 0.29) is 5.57 Å². The second-order valence-electron chi connectivity index (χ2n) is 6.33. The Morgan fingerprint density at radius 2 is 1.71 bits per heavy atom. The quantitative estimate of drug-likeness (QED) is 0.350. The molecule has 1 N–H and O–H groups in total. The van der Waals surface area contributed by atoms with Gasteiger partial charge in [-0.05, 0) is 54.5 Å². The number of nitrogens with one attached hydrogen (secondary N) is 1. The van der Waals surface area contributed by atoms with E-state index in [4.69, 9.17) is 9.47 Å². The largest absolute Gasteiger partial charge is 0.497 e. The molecule has 0 aliphatic carbocycles. The van der Waals surface area contributed by atoms with Crippen LogP contribution in [0.4, 0.5) is 5.69 Å². The summed E-state index contributed by atoms with van der Waals surface area (Å²) in [6.45, 7) is 2.88. The molecule has 0 saturated heterocycles. The van der Waals surface area contributed by atoms with Gasteiger partial charge in [0.05, 0.1) is 13.7 Å². The molecule has 0 heterocycles. The van der Waals surface area contributed by atoms with E-state index < -0.39 is 5.91 Å². The van der Waals surface area contributed by atoms with Gasteiger partial charge in [0.15, 0.2) is 0 Å². The molecule has 2 aromatic rings. The highest BCUT2D eigenvalue weighted by Gasteiger charge is 2.09. The molecule has 5 heteroatoms. The summed E-state index contributed by atoms with van der Waals surface area (Å²) in [5, 5.41) is 12.0. The van der Waals surface area contributed by atoms with Crippen molar-refractivity contribution < 1.29 is 14.3 Å². The van der Waals surface area contributed by atoms with Crippen molar-refractivity contribution in [2.45, 2.75) is 32.6 Å². The third-order valence-electron chi connectivity index (χ3n) is 4.17. The van der Waals surface area contributed by atoms with Gasteiger partial charge >= 0.3 is 0 Å². The minimum absolute atomic E-state index is 0.0315. The van der Waals surface area contributed by atoms with Crippen molar-refractivity contribution in [2.75, 3.05) is 19.0 Å². The molecule has 0 aromatic heterocycles. The molecule has 0 aliphatic rings. The number of methoxy groups -OCH3 is 1. The number of unbranched alkanes of at least 4 members (excludes halogenated alkanes) is 3. The maximum Gasteiger partial charge on any atom is 0.266 e. The van der Waals surface area contributed by atoms with E-state index in [1.165, 1.54) is 19.3 Å². The minimum Gasteiger partial charge on any atom is -0.497 e. The molecule has 0 aliphatic heterocycles. The Kier molecular flexibility index (Phi) is 8.61. The molecule has 1 amide bonds. The molecule has 0 unspecified atom stereocenters. The van der Waals surface area contributed by atoms with Gasteiger partial charge in [-0.15, -0.1) is 0 Å². The Hall–Kier alpha value is -3.26. The number of ether oxygens (including phenoxy) is 2. The fourth-order valence-electron chi connectivity index (χ4n) is 2.57. The molecule has 0 bridgehead atoms. The summed E-state index contributed by atoms with van der Waals surface area (Å²) >= 11 is 0. The molecule has 0 atom stereocenters. The maximum atomic E-state index is 12.3. The van der Waals surface area contributed by atoms with Crippen LogP contribution in [0.1, 0.15) is 38.2 Å². The van der Waals surface area contributed by atoms with Crippen LogP contribution in [0.15, 0.2) is 54.1 Å². The summed E-state index contributed by atoms with van der Waals surface area (Å²) in [6, 6.07) is 16.2. The number of hydrogen-bond acceptors (Lipinski definition) is 4. The molecule has 0 fully saturated rings. The predicted molar refractivity (Wildman–Crippen MR) is 111 cm³/mol. The molecule has 2 aromatic carbocycles. The van der Waals surface area contributed by atoms with Gasteiger partial charge < -0.3 is 14.8 Å². The monoisotopic (exact) mass is 378 g/mol. The molecule has 146 valence electrons. The summed E-state index contributed by atoms with van der Waals surface area (Å²) in [4.78, 5) is 12.3. The van der Waals surface area contributed by atoms with Gasteiger partial charge in [0, 0.05) is 5.69 Å². The van der Waals surface area contributed by atoms with Gasteiger partial charge in [-0.1, -0.05) is 38.3 Å². The fraction of sp³-hybridized carbons (Fsp3) is 0.304. The summed E-state index contributed by atoms with van der Waals surface area (Å²) in [6.07, 6.45) is 6.20. The van der Waals surface area contributed by atoms with Crippen molar-refractivity contribution in [2.24, 2.45) is 0 Å². The van der Waals surface area contributed by atoms with Crippen LogP contribution in [0.25, 0.3) is 6.08 Å². The number of carbonyl (C=O) groups is 1. The number of carbonyl (C=O) groups excluding carboxylic acids is 1. The lowest BCUT2D eigenvalue weighted by molar-refractivity contribution is -0.112. The Labute approximate surface area is 166 Å². The summed E-state index contributed by atoms with van der Waals surface area (Å²) in [5.74, 6) is 1.03. The van der Waals surface area contributed by atoms with E-state index in [9.17, 15) is 10.1 Å². The van der Waals surface area contributed by atoms with Crippen molar-refractivity contribution in [3.05, 3.63) is 59.7 Å². The average molecular weight is 378 g/mol. The van der Waals surface area contributed by atoms with Crippen LogP contribution >= 0.6 is 0 Å². The van der Waals surface area contributed by atoms with Gasteiger partial charge in [0.1, 0.15) is 23.1 Å². The van der Waals surface area contributed by atoms with Gasteiger partial charge in [-0.3, -0.25) is 4.79 Å². The van der Waals surface area contributed by atoms with Crippen molar-refractivity contribution in [3.8, 4) is 17.6 Å². The highest BCUT2D eigenvalue weighted by atomic mass is 16.5. The molecule has 0 spiro atoms. The predicted octanol–water partition coefficient (Wildman–Crippen LogP) is 5.20. The molecule has 0 saturated carbocycles. The van der Waals surface area contributed by atoms with Crippen LogP contribution in [-0.4, -0.2) is 19.6 Å². The van der Waals surface area contributed by atoms with E-state index in [2.05, 4.69) is 12.2 Å². The van der Waals surface area contributed by atoms with E-state index in [1.807, 2.05) is 30.3 Å². The van der Waals surface area contributed by atoms with Crippen molar-refractivity contribution in [1.82, 2.24) is 0 Å². The Bertz CT molecular complexity index is 818. The van der Waals surface area contributed by atoms with Gasteiger partial charge in [-0.2, -0.15) is 5.26 Å². The maximum absolute atomic E-state index is 12.3. The zero-order valence-corrected chi connectivity index (χ0v) is 16.4. The molecular formula is C23H26N2O3. The first-order chi connectivity index (χ1) is 13.7. The fourth-order valence-corrected chi connectivity index (χ4v) is 2.57. The van der Waals surface area contributed by atoms with Gasteiger partial charge in [0.2, 0.25) is 0 Å². The summed E-state index contributed by atoms with van der Waals surface area (Å²) in [5.41, 5.74) is 1.39. The standard InChI is InChI=1S/C23H26N2O3/c1-3-4-5-6-15-28-22-11-7-18(8-12-22)16-19(17-24)23(26)25-20-9-13-21(27-2)14-10-20/h7-14,16H,3-6,15H2,1-2H3,(H,25,26). The zero-order valence-electron chi connectivity index (χ0n) is 16.4. The lowest BCUT2D eigenvalue weighted by atomic mass is 10.1. The van der Waals surface area contributed by atoms with Crippen molar-refractivity contribution in [3.63, 3.8) is 0 Å². The molecular weight excluding hydrogens is 352 g/mol. The number of nitriles is 1. The highest BCUT2D eigenvalue weighted by Crippen LogP contribution is 2.18. The van der Waals surface area contributed by atoms with Crippen LogP contribution in [0.5, 0.6) is 11.5 Å². The molecule has 5 nitrogen and oxygen atoms in total. The first kappa shape index (κ1) is 21.0. The number of benzene rings is 2. The number of amides is 1. The van der Waals surface area contributed by atoms with E-state index >= 15 is 0 Å². The first-order valence-corrected chi connectivity index (χ1v) is 9.46. The normalized spacial score (nSPS) is 10.8. The van der Waals surface area contributed by atoms with Crippen LogP contribution in [-0.2, 0) is 4.79 Å². The lowest BCUT2D eigenvalue weighted by Gasteiger charge is -2.07. The van der Waals surface area contributed by atoms with Crippen LogP contribution in [0.3, 0.4) is 0 Å². The number of anilines is 1. The van der Waals surface area contributed by atoms with E-state index in [0.717, 1.165) is 17.7 Å². The van der Waals surface area contributed by atoms with Gasteiger partial charge in [0.25, 0.3) is 5.91 Å². The summed E-state index contributed by atoms with van der Waals surface area (Å²) < 4.78 is 10.8. The number of nitrogens with zero attached hydrogens (tertiary/aromatic N) is 1. The average Bonchev–Trinajstić information content (AvgIpc) is 2.73. The minimum atomic E-state index is -0.455. The SMILES string of the molecule is CCCCCCOc1ccc(C=C(C#N)C(=O)Nc2ccc(OC)cc2)cc1. The smallest absolute Gasteiger partial charge is 0.266 e. The lowest BCUT2D eigenvalue weighted by Crippen LogP contribution is -2.13. The second kappa shape index (κ2) is 11.5. The van der Waals surface area contributed by atoms with E-state index in [1.54, 1.807) is 37.5 Å². The number of rotatable bonds is 10. The third kappa shape index (κ3) is 6.81. The summed E-state index contributed by atoms with van der Waals surface area (Å²) in [7, 11) is 1.58.